The fraction of sp³-hybridized carbons (Fsp3) is 0.190. The molecule has 0 aliphatic heterocycles. The Morgan fingerprint density at radius 3 is 2.44 bits per heavy atom. The second-order valence-corrected chi connectivity index (χ2v) is 7.39. The van der Waals surface area contributed by atoms with Gasteiger partial charge >= 0.3 is 6.09 Å². The second-order valence-electron chi connectivity index (χ2n) is 7.39. The molecule has 0 saturated carbocycles. The van der Waals surface area contributed by atoms with E-state index in [9.17, 15) is 9.90 Å². The summed E-state index contributed by atoms with van der Waals surface area (Å²) in [6, 6.07) is 17.2. The highest BCUT2D eigenvalue weighted by molar-refractivity contribution is 5.93. The van der Waals surface area contributed by atoms with Crippen molar-refractivity contribution in [1.82, 2.24) is 14.4 Å². The Balaban J connectivity index is 1.91. The summed E-state index contributed by atoms with van der Waals surface area (Å²) in [4.78, 5) is 22.6. The largest absolute Gasteiger partial charge is 0.465 e. The Labute approximate surface area is 156 Å². The summed E-state index contributed by atoms with van der Waals surface area (Å²) in [6.07, 6.45) is 0.925. The average Bonchev–Trinajstić information content (AvgIpc) is 2.98. The quantitative estimate of drug-likeness (QED) is 0.556. The van der Waals surface area contributed by atoms with E-state index in [2.05, 4.69) is 4.98 Å². The summed E-state index contributed by atoms with van der Waals surface area (Å²) in [6.45, 7) is 5.61. The Morgan fingerprint density at radius 1 is 1.00 bits per heavy atom. The van der Waals surface area contributed by atoms with E-state index in [1.54, 1.807) is 0 Å². The van der Waals surface area contributed by atoms with Gasteiger partial charge in [-0.05, 0) is 45.0 Å². The zero-order chi connectivity index (χ0) is 19.2. The summed E-state index contributed by atoms with van der Waals surface area (Å²) in [5.74, 6) is 0.584. The number of anilines is 1. The molecular formula is C21H20N4O2. The lowest BCUT2D eigenvalue weighted by atomic mass is 10.0. The Bertz CT molecular complexity index is 1160. The topological polar surface area (TPSA) is 70.7 Å². The Hall–Kier alpha value is -3.41. The summed E-state index contributed by atoms with van der Waals surface area (Å²) < 4.78 is 1.93. The molecule has 6 nitrogen and oxygen atoms in total. The van der Waals surface area contributed by atoms with Crippen LogP contribution in [0.5, 0.6) is 0 Å². The molecule has 0 aliphatic carbocycles. The van der Waals surface area contributed by atoms with Crippen LogP contribution in [-0.2, 0) is 0 Å². The fourth-order valence-electron chi connectivity index (χ4n) is 3.33. The maximum atomic E-state index is 11.9. The Morgan fingerprint density at radius 2 is 1.70 bits per heavy atom. The number of nitrogens with zero attached hydrogens (tertiary/aromatic N) is 4. The smallest absolute Gasteiger partial charge is 0.412 e. The zero-order valence-corrected chi connectivity index (χ0v) is 15.4. The molecule has 2 aromatic carbocycles. The molecule has 136 valence electrons. The third-order valence-corrected chi connectivity index (χ3v) is 4.46. The van der Waals surface area contributed by atoms with E-state index in [1.807, 2.05) is 86.0 Å². The van der Waals surface area contributed by atoms with Crippen molar-refractivity contribution in [3.05, 3.63) is 60.8 Å². The van der Waals surface area contributed by atoms with Gasteiger partial charge in [0.15, 0.2) is 0 Å². The third-order valence-electron chi connectivity index (χ3n) is 4.46. The van der Waals surface area contributed by atoms with E-state index in [4.69, 9.17) is 4.98 Å². The maximum Gasteiger partial charge on any atom is 0.412 e. The molecule has 0 aliphatic rings. The third kappa shape index (κ3) is 2.89. The molecule has 0 unspecified atom stereocenters. The van der Waals surface area contributed by atoms with Crippen LogP contribution in [0.1, 0.15) is 20.8 Å². The molecule has 4 rings (SSSR count). The lowest BCUT2D eigenvalue weighted by molar-refractivity contribution is 0.195. The van der Waals surface area contributed by atoms with Crippen LogP contribution in [0, 0.1) is 0 Å². The lowest BCUT2D eigenvalue weighted by Crippen LogP contribution is -2.45. The average molecular weight is 360 g/mol. The highest BCUT2D eigenvalue weighted by atomic mass is 16.4. The minimum atomic E-state index is -0.998. The molecule has 1 amide bonds. The number of benzene rings is 2. The van der Waals surface area contributed by atoms with Crippen LogP contribution in [0.4, 0.5) is 10.5 Å². The number of fused-ring (bicyclic) bond motifs is 3. The van der Waals surface area contributed by atoms with Gasteiger partial charge in [-0.15, -0.1) is 0 Å². The Kier molecular flexibility index (Phi) is 3.84. The molecule has 6 heteroatoms. The van der Waals surface area contributed by atoms with Crippen molar-refractivity contribution >= 4 is 28.6 Å². The van der Waals surface area contributed by atoms with Gasteiger partial charge in [0, 0.05) is 17.3 Å². The first-order valence-corrected chi connectivity index (χ1v) is 8.73. The highest BCUT2D eigenvalue weighted by Gasteiger charge is 2.30. The van der Waals surface area contributed by atoms with Crippen molar-refractivity contribution in [2.24, 2.45) is 0 Å². The van der Waals surface area contributed by atoms with Crippen molar-refractivity contribution in [2.75, 3.05) is 4.90 Å². The predicted octanol–water partition coefficient (Wildman–Crippen LogP) is 4.83. The summed E-state index contributed by atoms with van der Waals surface area (Å²) >= 11 is 0. The molecule has 0 spiro atoms. The van der Waals surface area contributed by atoms with Crippen LogP contribution in [-0.4, -0.2) is 31.1 Å². The molecule has 4 aromatic rings. The van der Waals surface area contributed by atoms with E-state index in [1.165, 1.54) is 4.90 Å². The molecule has 0 fully saturated rings. The van der Waals surface area contributed by atoms with E-state index < -0.39 is 11.6 Å². The van der Waals surface area contributed by atoms with Gasteiger partial charge in [-0.2, -0.15) is 0 Å². The molecule has 0 radical (unpaired) electrons. The number of imidazole rings is 1. The van der Waals surface area contributed by atoms with E-state index in [0.29, 0.717) is 17.2 Å². The standard InChI is InChI=1S/C21H20N4O2/c1-21(2,3)25(20(26)27)17-10-6-4-8-14(17)15-12-13-24-18-11-7-5-9-16(18)23-19(24)22-15/h4-13H,1-3H3,(H,26,27). The number of hydrogen-bond acceptors (Lipinski definition) is 3. The van der Waals surface area contributed by atoms with Gasteiger partial charge in [0.1, 0.15) is 0 Å². The van der Waals surface area contributed by atoms with Gasteiger partial charge in [-0.1, -0.05) is 30.3 Å². The SMILES string of the molecule is CC(C)(C)N(C(=O)O)c1ccccc1-c1ccn2c(n1)nc1ccccc12. The normalized spacial score (nSPS) is 11.8. The number of hydrogen-bond donors (Lipinski definition) is 1. The summed E-state index contributed by atoms with van der Waals surface area (Å²) in [5, 5.41) is 9.79. The molecule has 0 atom stereocenters. The van der Waals surface area contributed by atoms with Crippen LogP contribution in [0.2, 0.25) is 0 Å². The molecular weight excluding hydrogens is 340 g/mol. The number of aromatic nitrogens is 3. The minimum absolute atomic E-state index is 0.584. The van der Waals surface area contributed by atoms with Gasteiger partial charge in [0.05, 0.1) is 22.4 Å². The summed E-state index contributed by atoms with van der Waals surface area (Å²) in [5.41, 5.74) is 3.31. The monoisotopic (exact) mass is 360 g/mol. The number of carbonyl (C=O) groups is 1. The van der Waals surface area contributed by atoms with Gasteiger partial charge in [0.2, 0.25) is 5.78 Å². The van der Waals surface area contributed by atoms with E-state index in [-0.39, 0.29) is 0 Å². The fourth-order valence-corrected chi connectivity index (χ4v) is 3.33. The maximum absolute atomic E-state index is 11.9. The van der Waals surface area contributed by atoms with Crippen molar-refractivity contribution in [2.45, 2.75) is 26.3 Å². The van der Waals surface area contributed by atoms with Crippen molar-refractivity contribution in [1.29, 1.82) is 0 Å². The van der Waals surface area contributed by atoms with Gasteiger partial charge in [-0.3, -0.25) is 9.30 Å². The van der Waals surface area contributed by atoms with E-state index >= 15 is 0 Å². The number of para-hydroxylation sites is 3. The molecule has 1 N–H and O–H groups in total. The van der Waals surface area contributed by atoms with E-state index in [0.717, 1.165) is 16.6 Å². The lowest BCUT2D eigenvalue weighted by Gasteiger charge is -2.34. The molecule has 2 aromatic heterocycles. The van der Waals surface area contributed by atoms with Crippen LogP contribution >= 0.6 is 0 Å². The number of carboxylic acid groups (broad SMARTS) is 1. The number of rotatable bonds is 2. The van der Waals surface area contributed by atoms with Crippen LogP contribution in [0.15, 0.2) is 60.8 Å². The molecule has 0 bridgehead atoms. The second kappa shape index (κ2) is 6.09. The molecule has 0 saturated heterocycles. The molecule has 27 heavy (non-hydrogen) atoms. The predicted molar refractivity (Wildman–Crippen MR) is 106 cm³/mol. The first-order valence-electron chi connectivity index (χ1n) is 8.73. The zero-order valence-electron chi connectivity index (χ0n) is 15.4. The summed E-state index contributed by atoms with van der Waals surface area (Å²) in [7, 11) is 0. The number of amides is 1. The van der Waals surface area contributed by atoms with Gasteiger partial charge in [-0.25, -0.2) is 14.8 Å². The van der Waals surface area contributed by atoms with Crippen LogP contribution in [0.3, 0.4) is 0 Å². The molecule has 2 heterocycles. The van der Waals surface area contributed by atoms with Crippen LogP contribution in [0.25, 0.3) is 28.1 Å². The first kappa shape index (κ1) is 17.0. The van der Waals surface area contributed by atoms with Crippen molar-refractivity contribution in [3.8, 4) is 11.3 Å². The van der Waals surface area contributed by atoms with Gasteiger partial charge < -0.3 is 5.11 Å². The first-order chi connectivity index (χ1) is 12.9. The van der Waals surface area contributed by atoms with Crippen molar-refractivity contribution < 1.29 is 9.90 Å². The van der Waals surface area contributed by atoms with Crippen LogP contribution < -0.4 is 4.90 Å². The minimum Gasteiger partial charge on any atom is -0.465 e. The highest BCUT2D eigenvalue weighted by Crippen LogP contribution is 2.34. The van der Waals surface area contributed by atoms with Crippen molar-refractivity contribution in [3.63, 3.8) is 0 Å². The van der Waals surface area contributed by atoms with Gasteiger partial charge in [0.25, 0.3) is 0 Å².